The predicted molar refractivity (Wildman–Crippen MR) is 110 cm³/mol. The van der Waals surface area contributed by atoms with Crippen LogP contribution in [0.5, 0.6) is 11.5 Å². The molecule has 2 rings (SSSR count). The highest BCUT2D eigenvalue weighted by molar-refractivity contribution is 5.97. The minimum atomic E-state index is -0.733. The summed E-state index contributed by atoms with van der Waals surface area (Å²) >= 11 is 0. The molecule has 0 unspecified atom stereocenters. The fraction of sp³-hybridized carbons (Fsp3) is 0.333. The number of rotatable bonds is 9. The Kier molecular flexibility index (Phi) is 7.74. The number of nitro groups is 1. The van der Waals surface area contributed by atoms with E-state index in [-0.39, 0.29) is 16.9 Å². The summed E-state index contributed by atoms with van der Waals surface area (Å²) < 4.78 is 15.9. The monoisotopic (exact) mass is 416 g/mol. The van der Waals surface area contributed by atoms with Gasteiger partial charge in [0.2, 0.25) is 0 Å². The van der Waals surface area contributed by atoms with Crippen LogP contribution < -0.4 is 14.8 Å². The minimum absolute atomic E-state index is 0.0452. The van der Waals surface area contributed by atoms with Gasteiger partial charge in [0.1, 0.15) is 5.69 Å². The molecule has 0 atom stereocenters. The molecule has 160 valence electrons. The lowest BCUT2D eigenvalue weighted by Gasteiger charge is -2.12. The molecule has 0 aromatic heterocycles. The quantitative estimate of drug-likeness (QED) is 0.375. The van der Waals surface area contributed by atoms with Gasteiger partial charge in [-0.25, -0.2) is 4.79 Å². The largest absolute Gasteiger partial charge is 0.490 e. The van der Waals surface area contributed by atoms with Gasteiger partial charge in [0.15, 0.2) is 18.1 Å². The second-order valence-electron chi connectivity index (χ2n) is 6.36. The number of anilines is 1. The molecule has 0 bridgehead atoms. The molecule has 1 amide bonds. The van der Waals surface area contributed by atoms with Crippen molar-refractivity contribution in [2.45, 2.75) is 27.7 Å². The average molecular weight is 416 g/mol. The molecule has 0 spiro atoms. The van der Waals surface area contributed by atoms with Crippen molar-refractivity contribution in [3.05, 3.63) is 57.1 Å². The second kappa shape index (κ2) is 10.2. The van der Waals surface area contributed by atoms with Gasteiger partial charge < -0.3 is 19.5 Å². The van der Waals surface area contributed by atoms with Gasteiger partial charge in [-0.1, -0.05) is 0 Å². The highest BCUT2D eigenvalue weighted by Gasteiger charge is 2.19. The normalized spacial score (nSPS) is 10.3. The predicted octanol–water partition coefficient (Wildman–Crippen LogP) is 3.80. The van der Waals surface area contributed by atoms with Gasteiger partial charge in [-0.05, 0) is 63.1 Å². The Morgan fingerprint density at radius 1 is 1.00 bits per heavy atom. The average Bonchev–Trinajstić information content (AvgIpc) is 2.70. The van der Waals surface area contributed by atoms with Crippen LogP contribution in [0.3, 0.4) is 0 Å². The number of esters is 1. The van der Waals surface area contributed by atoms with E-state index in [1.54, 1.807) is 26.8 Å². The van der Waals surface area contributed by atoms with E-state index in [0.717, 1.165) is 11.1 Å². The lowest BCUT2D eigenvalue weighted by Crippen LogP contribution is -2.21. The zero-order valence-corrected chi connectivity index (χ0v) is 17.3. The van der Waals surface area contributed by atoms with E-state index in [0.29, 0.717) is 24.7 Å². The molecule has 9 heteroatoms. The molecule has 0 saturated heterocycles. The van der Waals surface area contributed by atoms with E-state index in [9.17, 15) is 19.7 Å². The van der Waals surface area contributed by atoms with Crippen LogP contribution in [0.1, 0.15) is 35.3 Å². The zero-order valence-electron chi connectivity index (χ0n) is 17.3. The van der Waals surface area contributed by atoms with Gasteiger partial charge in [0.25, 0.3) is 11.6 Å². The molecule has 0 aliphatic rings. The number of aryl methyl sites for hydroxylation is 2. The molecule has 9 nitrogen and oxygen atoms in total. The Hall–Kier alpha value is -3.62. The van der Waals surface area contributed by atoms with Crippen molar-refractivity contribution in [1.82, 2.24) is 0 Å². The van der Waals surface area contributed by atoms with E-state index >= 15 is 0 Å². The van der Waals surface area contributed by atoms with Crippen LogP contribution in [-0.2, 0) is 9.53 Å². The lowest BCUT2D eigenvalue weighted by molar-refractivity contribution is -0.384. The second-order valence-corrected chi connectivity index (χ2v) is 6.36. The fourth-order valence-corrected chi connectivity index (χ4v) is 2.63. The lowest BCUT2D eigenvalue weighted by atomic mass is 10.1. The third-order valence-electron chi connectivity index (χ3n) is 4.20. The molecule has 0 aliphatic heterocycles. The topological polar surface area (TPSA) is 117 Å². The van der Waals surface area contributed by atoms with Crippen LogP contribution >= 0.6 is 0 Å². The maximum atomic E-state index is 12.3. The van der Waals surface area contributed by atoms with Crippen molar-refractivity contribution >= 4 is 23.3 Å². The van der Waals surface area contributed by atoms with Crippen LogP contribution in [0.25, 0.3) is 0 Å². The van der Waals surface area contributed by atoms with Gasteiger partial charge in [-0.3, -0.25) is 14.9 Å². The molecule has 1 N–H and O–H groups in total. The maximum absolute atomic E-state index is 12.3. The first-order valence-electron chi connectivity index (χ1n) is 9.39. The number of carbonyl (C=O) groups excluding carboxylic acids is 2. The number of carbonyl (C=O) groups is 2. The zero-order chi connectivity index (χ0) is 22.3. The SMILES string of the molecule is CCOc1ccc(C(=O)OCC(=O)Nc2cc(C)c(C)cc2[N+](=O)[O-])cc1OCC. The molecule has 0 heterocycles. The molecular weight excluding hydrogens is 392 g/mol. The van der Waals surface area contributed by atoms with Gasteiger partial charge in [-0.2, -0.15) is 0 Å². The van der Waals surface area contributed by atoms with Crippen molar-refractivity contribution in [1.29, 1.82) is 0 Å². The van der Waals surface area contributed by atoms with E-state index in [1.165, 1.54) is 24.3 Å². The summed E-state index contributed by atoms with van der Waals surface area (Å²) in [5.41, 5.74) is 1.51. The first-order valence-corrected chi connectivity index (χ1v) is 9.39. The molecule has 0 saturated carbocycles. The molecule has 2 aromatic rings. The van der Waals surface area contributed by atoms with Crippen molar-refractivity contribution in [2.24, 2.45) is 0 Å². The molecule has 0 fully saturated rings. The highest BCUT2D eigenvalue weighted by Crippen LogP contribution is 2.29. The van der Waals surface area contributed by atoms with Crippen LogP contribution in [0.15, 0.2) is 30.3 Å². The summed E-state index contributed by atoms with van der Waals surface area (Å²) in [5, 5.41) is 13.6. The van der Waals surface area contributed by atoms with Crippen molar-refractivity contribution in [3.63, 3.8) is 0 Å². The number of hydrogen-bond donors (Lipinski definition) is 1. The Morgan fingerprint density at radius 3 is 2.27 bits per heavy atom. The number of ether oxygens (including phenoxy) is 3. The first-order chi connectivity index (χ1) is 14.3. The Morgan fingerprint density at radius 2 is 1.63 bits per heavy atom. The maximum Gasteiger partial charge on any atom is 0.338 e. The summed E-state index contributed by atoms with van der Waals surface area (Å²) in [6.45, 7) is 7.37. The number of nitrogens with zero attached hydrogens (tertiary/aromatic N) is 1. The van der Waals surface area contributed by atoms with Gasteiger partial charge in [-0.15, -0.1) is 0 Å². The van der Waals surface area contributed by atoms with Crippen molar-refractivity contribution in [3.8, 4) is 11.5 Å². The van der Waals surface area contributed by atoms with E-state index in [1.807, 2.05) is 6.92 Å². The summed E-state index contributed by atoms with van der Waals surface area (Å²) in [6, 6.07) is 7.45. The Labute approximate surface area is 174 Å². The minimum Gasteiger partial charge on any atom is -0.490 e. The molecule has 0 radical (unpaired) electrons. The fourth-order valence-electron chi connectivity index (χ4n) is 2.63. The smallest absolute Gasteiger partial charge is 0.338 e. The summed E-state index contributed by atoms with van der Waals surface area (Å²) in [4.78, 5) is 35.1. The molecule has 0 aliphatic carbocycles. The van der Waals surface area contributed by atoms with Gasteiger partial charge in [0.05, 0.1) is 23.7 Å². The summed E-state index contributed by atoms with van der Waals surface area (Å²) in [7, 11) is 0. The standard InChI is InChI=1S/C21H24N2O7/c1-5-28-18-8-7-15(11-19(18)29-6-2)21(25)30-12-20(24)22-16-9-13(3)14(4)10-17(16)23(26)27/h7-11H,5-6,12H2,1-4H3,(H,22,24). The first kappa shape index (κ1) is 22.7. The molecular formula is C21H24N2O7. The van der Waals surface area contributed by atoms with Crippen LogP contribution in [-0.4, -0.2) is 36.6 Å². The molecule has 30 heavy (non-hydrogen) atoms. The van der Waals surface area contributed by atoms with Crippen LogP contribution in [0.4, 0.5) is 11.4 Å². The number of nitrogens with one attached hydrogen (secondary N) is 1. The third kappa shape index (κ3) is 5.69. The summed E-state index contributed by atoms with van der Waals surface area (Å²) in [5.74, 6) is -0.533. The van der Waals surface area contributed by atoms with Crippen LogP contribution in [0, 0.1) is 24.0 Å². The number of amides is 1. The van der Waals surface area contributed by atoms with Gasteiger partial charge >= 0.3 is 5.97 Å². The molecule has 2 aromatic carbocycles. The number of hydrogen-bond acceptors (Lipinski definition) is 7. The van der Waals surface area contributed by atoms with Crippen LogP contribution in [0.2, 0.25) is 0 Å². The third-order valence-corrected chi connectivity index (χ3v) is 4.20. The van der Waals surface area contributed by atoms with E-state index in [4.69, 9.17) is 14.2 Å². The Balaban J connectivity index is 2.06. The van der Waals surface area contributed by atoms with Gasteiger partial charge in [0, 0.05) is 6.07 Å². The summed E-state index contributed by atoms with van der Waals surface area (Å²) in [6.07, 6.45) is 0. The van der Waals surface area contributed by atoms with Crippen molar-refractivity contribution < 1.29 is 28.7 Å². The number of nitro benzene ring substituents is 1. The van der Waals surface area contributed by atoms with E-state index < -0.39 is 23.4 Å². The highest BCUT2D eigenvalue weighted by atomic mass is 16.6. The van der Waals surface area contributed by atoms with E-state index in [2.05, 4.69) is 5.32 Å². The number of benzene rings is 2. The Bertz CT molecular complexity index is 957. The van der Waals surface area contributed by atoms with Crippen molar-refractivity contribution in [2.75, 3.05) is 25.1 Å².